The third-order valence-electron chi connectivity index (χ3n) is 4.13. The topological polar surface area (TPSA) is 136 Å². The minimum Gasteiger partial charge on any atom is -0.382 e. The summed E-state index contributed by atoms with van der Waals surface area (Å²) in [6.45, 7) is 0.263. The van der Waals surface area contributed by atoms with Crippen LogP contribution in [0, 0.1) is 0 Å². The highest BCUT2D eigenvalue weighted by atomic mass is 16.1. The van der Waals surface area contributed by atoms with Crippen LogP contribution in [-0.2, 0) is 6.54 Å². The Morgan fingerprint density at radius 1 is 1.15 bits per heavy atom. The maximum Gasteiger partial charge on any atom is 0.328 e. The standard InChI is InChI=1S/C16H13N9O.CH4/c17-13-12-15(22-14(21-13)10-4-5-18-23-10)25(16(26)20-12)8-9-7-24-6-2-1-3-11(24)19-9;/h1-7H,8H2,(H,18,23)(H,20,26)(H2,17,21,22);1H4. The number of anilines is 1. The fraction of sp³-hybridized carbons (Fsp3) is 0.118. The van der Waals surface area contributed by atoms with Crippen molar-refractivity contribution in [2.45, 2.75) is 14.0 Å². The van der Waals surface area contributed by atoms with Crippen LogP contribution in [0.4, 0.5) is 5.82 Å². The minimum atomic E-state index is -0.320. The zero-order valence-electron chi connectivity index (χ0n) is 13.4. The van der Waals surface area contributed by atoms with E-state index in [0.29, 0.717) is 22.7 Å². The molecular weight excluding hydrogens is 346 g/mol. The molecule has 0 atom stereocenters. The Morgan fingerprint density at radius 3 is 2.81 bits per heavy atom. The molecule has 5 aromatic heterocycles. The van der Waals surface area contributed by atoms with Crippen molar-refractivity contribution < 1.29 is 0 Å². The Morgan fingerprint density at radius 2 is 2.04 bits per heavy atom. The van der Waals surface area contributed by atoms with Gasteiger partial charge in [-0.3, -0.25) is 9.67 Å². The number of fused-ring (bicyclic) bond motifs is 2. The molecule has 5 aromatic rings. The van der Waals surface area contributed by atoms with Crippen molar-refractivity contribution >= 4 is 22.6 Å². The first kappa shape index (κ1) is 16.5. The molecular formula is C17H17N9O. The van der Waals surface area contributed by atoms with Crippen LogP contribution in [0.3, 0.4) is 0 Å². The molecule has 10 heteroatoms. The molecule has 0 radical (unpaired) electrons. The van der Waals surface area contributed by atoms with Crippen molar-refractivity contribution in [3.8, 4) is 11.5 Å². The molecule has 0 aliphatic carbocycles. The van der Waals surface area contributed by atoms with Crippen LogP contribution < -0.4 is 11.4 Å². The molecule has 136 valence electrons. The molecule has 0 aromatic carbocycles. The van der Waals surface area contributed by atoms with Gasteiger partial charge in [0, 0.05) is 18.6 Å². The highest BCUT2D eigenvalue weighted by Gasteiger charge is 2.16. The average molecular weight is 363 g/mol. The molecule has 5 rings (SSSR count). The van der Waals surface area contributed by atoms with Crippen LogP contribution in [0.2, 0.25) is 0 Å². The lowest BCUT2D eigenvalue weighted by Gasteiger charge is -2.03. The maximum absolute atomic E-state index is 12.4. The Kier molecular flexibility index (Phi) is 3.73. The summed E-state index contributed by atoms with van der Waals surface area (Å²) in [7, 11) is 0. The van der Waals surface area contributed by atoms with Gasteiger partial charge in [0.25, 0.3) is 0 Å². The number of aromatic nitrogens is 8. The summed E-state index contributed by atoms with van der Waals surface area (Å²) >= 11 is 0. The molecule has 0 amide bonds. The van der Waals surface area contributed by atoms with Gasteiger partial charge in [0.15, 0.2) is 17.3 Å². The van der Waals surface area contributed by atoms with Gasteiger partial charge in [-0.05, 0) is 18.2 Å². The van der Waals surface area contributed by atoms with Gasteiger partial charge in [0.1, 0.15) is 16.9 Å². The van der Waals surface area contributed by atoms with Crippen molar-refractivity contribution in [3.05, 3.63) is 59.0 Å². The number of rotatable bonds is 3. The normalized spacial score (nSPS) is 11.1. The highest BCUT2D eigenvalue weighted by molar-refractivity contribution is 5.83. The van der Waals surface area contributed by atoms with Gasteiger partial charge >= 0.3 is 5.69 Å². The van der Waals surface area contributed by atoms with Gasteiger partial charge in [-0.2, -0.15) is 5.10 Å². The van der Waals surface area contributed by atoms with Crippen molar-refractivity contribution in [2.24, 2.45) is 0 Å². The minimum absolute atomic E-state index is 0. The maximum atomic E-state index is 12.4. The molecule has 0 spiro atoms. The number of hydrogen-bond donors (Lipinski definition) is 3. The second-order valence-electron chi connectivity index (χ2n) is 5.82. The average Bonchev–Trinajstić information content (AvgIpc) is 3.35. The van der Waals surface area contributed by atoms with Gasteiger partial charge in [0.2, 0.25) is 0 Å². The van der Waals surface area contributed by atoms with Crippen LogP contribution in [0.1, 0.15) is 13.1 Å². The molecule has 0 unspecified atom stereocenters. The fourth-order valence-corrected chi connectivity index (χ4v) is 2.92. The number of nitrogens with zero attached hydrogens (tertiary/aromatic N) is 6. The summed E-state index contributed by atoms with van der Waals surface area (Å²) in [5.41, 5.74) is 8.68. The Balaban J connectivity index is 0.00000180. The lowest BCUT2D eigenvalue weighted by Crippen LogP contribution is -2.18. The van der Waals surface area contributed by atoms with Crippen LogP contribution >= 0.6 is 0 Å². The van der Waals surface area contributed by atoms with Crippen LogP contribution in [0.15, 0.2) is 47.7 Å². The Labute approximate surface area is 152 Å². The van der Waals surface area contributed by atoms with Gasteiger partial charge < -0.3 is 15.1 Å². The number of aromatic amines is 2. The monoisotopic (exact) mass is 363 g/mol. The number of nitrogen functional groups attached to an aromatic ring is 1. The molecule has 5 heterocycles. The zero-order valence-corrected chi connectivity index (χ0v) is 13.4. The highest BCUT2D eigenvalue weighted by Crippen LogP contribution is 2.20. The molecule has 0 aliphatic rings. The van der Waals surface area contributed by atoms with E-state index in [4.69, 9.17) is 5.73 Å². The van der Waals surface area contributed by atoms with Crippen molar-refractivity contribution in [3.63, 3.8) is 0 Å². The summed E-state index contributed by atoms with van der Waals surface area (Å²) in [5, 5.41) is 6.69. The first-order valence-electron chi connectivity index (χ1n) is 7.87. The van der Waals surface area contributed by atoms with E-state index in [1.807, 2.05) is 35.0 Å². The molecule has 0 fully saturated rings. The van der Waals surface area contributed by atoms with E-state index >= 15 is 0 Å². The Bertz CT molecular complexity index is 1260. The molecule has 10 nitrogen and oxygen atoms in total. The molecule has 0 aliphatic heterocycles. The van der Waals surface area contributed by atoms with Crippen LogP contribution in [0.5, 0.6) is 0 Å². The van der Waals surface area contributed by atoms with E-state index in [0.717, 1.165) is 11.3 Å². The molecule has 0 saturated heterocycles. The summed E-state index contributed by atoms with van der Waals surface area (Å²) in [4.78, 5) is 28.4. The van der Waals surface area contributed by atoms with E-state index in [1.54, 1.807) is 12.3 Å². The number of nitrogens with two attached hydrogens (primary N) is 1. The van der Waals surface area contributed by atoms with Crippen molar-refractivity contribution in [1.82, 2.24) is 39.1 Å². The van der Waals surface area contributed by atoms with E-state index in [9.17, 15) is 4.79 Å². The Hall–Kier alpha value is -3.95. The number of hydrogen-bond acceptors (Lipinski definition) is 6. The number of H-pyrrole nitrogens is 2. The van der Waals surface area contributed by atoms with Gasteiger partial charge in [0.05, 0.1) is 12.2 Å². The van der Waals surface area contributed by atoms with Crippen molar-refractivity contribution in [2.75, 3.05) is 5.73 Å². The van der Waals surface area contributed by atoms with Crippen LogP contribution in [-0.4, -0.2) is 39.1 Å². The second kappa shape index (κ2) is 6.09. The summed E-state index contributed by atoms with van der Waals surface area (Å²) in [6, 6.07) is 7.46. The lowest BCUT2D eigenvalue weighted by atomic mass is 10.4. The van der Waals surface area contributed by atoms with E-state index < -0.39 is 0 Å². The van der Waals surface area contributed by atoms with Crippen molar-refractivity contribution in [1.29, 1.82) is 0 Å². The van der Waals surface area contributed by atoms with E-state index in [2.05, 4.69) is 30.1 Å². The zero-order chi connectivity index (χ0) is 17.7. The summed E-state index contributed by atoms with van der Waals surface area (Å²) in [6.07, 6.45) is 5.38. The quantitative estimate of drug-likeness (QED) is 0.443. The number of nitrogens with one attached hydrogen (secondary N) is 2. The third-order valence-corrected chi connectivity index (χ3v) is 4.13. The summed E-state index contributed by atoms with van der Waals surface area (Å²) in [5.74, 6) is 0.570. The number of imidazole rings is 2. The second-order valence-corrected chi connectivity index (χ2v) is 5.82. The van der Waals surface area contributed by atoms with Gasteiger partial charge in [-0.1, -0.05) is 13.5 Å². The smallest absolute Gasteiger partial charge is 0.328 e. The largest absolute Gasteiger partial charge is 0.382 e. The molecule has 27 heavy (non-hydrogen) atoms. The first-order valence-corrected chi connectivity index (χ1v) is 7.87. The van der Waals surface area contributed by atoms with E-state index in [1.165, 1.54) is 4.57 Å². The third kappa shape index (κ3) is 2.63. The SMILES string of the molecule is C.Nc1nc(-c2ccn[nH]2)nc2c1[nH]c(=O)n2Cc1cn2ccccc2n1. The predicted molar refractivity (Wildman–Crippen MR) is 101 cm³/mol. The first-order chi connectivity index (χ1) is 12.7. The van der Waals surface area contributed by atoms with Gasteiger partial charge in [-0.15, -0.1) is 0 Å². The fourth-order valence-electron chi connectivity index (χ4n) is 2.92. The predicted octanol–water partition coefficient (Wildman–Crippen LogP) is 1.42. The summed E-state index contributed by atoms with van der Waals surface area (Å²) < 4.78 is 3.39. The van der Waals surface area contributed by atoms with E-state index in [-0.39, 0.29) is 25.5 Å². The molecule has 0 bridgehead atoms. The molecule has 0 saturated carbocycles. The van der Waals surface area contributed by atoms with Gasteiger partial charge in [-0.25, -0.2) is 19.7 Å². The lowest BCUT2D eigenvalue weighted by molar-refractivity contribution is 0.762. The van der Waals surface area contributed by atoms with Crippen LogP contribution in [0.25, 0.3) is 28.3 Å². The number of pyridine rings is 1. The molecule has 4 N–H and O–H groups in total.